The molecule has 2 aromatic carbocycles. The number of rotatable bonds is 11. The van der Waals surface area contributed by atoms with E-state index in [4.69, 9.17) is 0 Å². The van der Waals surface area contributed by atoms with E-state index in [-0.39, 0.29) is 30.8 Å². The van der Waals surface area contributed by atoms with Gasteiger partial charge in [-0.2, -0.15) is 0 Å². The van der Waals surface area contributed by atoms with Crippen LogP contribution in [0.2, 0.25) is 0 Å². The minimum absolute atomic E-state index is 0.0158. The Kier molecular flexibility index (Phi) is 9.45. The Morgan fingerprint density at radius 2 is 1.69 bits per heavy atom. The molecule has 2 heterocycles. The number of nitrogens with one attached hydrogen (secondary N) is 2. The normalized spacial score (nSPS) is 18.3. The molecule has 0 saturated carbocycles. The van der Waals surface area contributed by atoms with Crippen molar-refractivity contribution < 1.29 is 19.2 Å². The Morgan fingerprint density at radius 1 is 0.923 bits per heavy atom. The Labute approximate surface area is 234 Å². The van der Waals surface area contributed by atoms with E-state index in [0.717, 1.165) is 16.7 Å². The fourth-order valence-electron chi connectivity index (χ4n) is 4.67. The third-order valence-electron chi connectivity index (χ3n) is 7.16. The van der Waals surface area contributed by atoms with Gasteiger partial charge < -0.3 is 15.5 Å². The van der Waals surface area contributed by atoms with Crippen molar-refractivity contribution >= 4 is 41.2 Å². The summed E-state index contributed by atoms with van der Waals surface area (Å²) < 4.78 is 0. The lowest BCUT2D eigenvalue weighted by Crippen LogP contribution is -2.63. The van der Waals surface area contributed by atoms with E-state index < -0.39 is 17.3 Å². The number of nitrogens with zero attached hydrogens (tertiary/aromatic N) is 2. The number of amides is 5. The highest BCUT2D eigenvalue weighted by Crippen LogP contribution is 2.34. The molecule has 0 aromatic heterocycles. The van der Waals surface area contributed by atoms with E-state index in [1.165, 1.54) is 27.1 Å². The molecule has 2 N–H and O–H groups in total. The van der Waals surface area contributed by atoms with Crippen molar-refractivity contribution in [1.29, 1.82) is 0 Å². The molecule has 2 aromatic rings. The predicted molar refractivity (Wildman–Crippen MR) is 154 cm³/mol. The summed E-state index contributed by atoms with van der Waals surface area (Å²) in [5, 5.41) is 7.19. The molecule has 4 rings (SSSR count). The van der Waals surface area contributed by atoms with E-state index in [1.807, 2.05) is 74.7 Å². The maximum Gasteiger partial charge on any atom is 0.327 e. The quantitative estimate of drug-likeness (QED) is 0.397. The fourth-order valence-corrected chi connectivity index (χ4v) is 5.74. The van der Waals surface area contributed by atoms with Crippen molar-refractivity contribution in [2.75, 3.05) is 18.4 Å². The second-order valence-electron chi connectivity index (χ2n) is 10.2. The second kappa shape index (κ2) is 13.0. The van der Waals surface area contributed by atoms with Crippen LogP contribution in [0.3, 0.4) is 0 Å². The summed E-state index contributed by atoms with van der Waals surface area (Å²) in [6.07, 6.45) is 4.19. The van der Waals surface area contributed by atoms with E-state index in [9.17, 15) is 19.2 Å². The molecule has 2 aliphatic rings. The zero-order chi connectivity index (χ0) is 27.9. The maximum absolute atomic E-state index is 13.3. The monoisotopic (exact) mass is 548 g/mol. The van der Waals surface area contributed by atoms with Crippen molar-refractivity contribution in [2.24, 2.45) is 0 Å². The molecule has 39 heavy (non-hydrogen) atoms. The molecule has 5 amide bonds. The zero-order valence-corrected chi connectivity index (χ0v) is 23.6. The highest BCUT2D eigenvalue weighted by molar-refractivity contribution is 8.03. The number of hydrogen-bond donors (Lipinski definition) is 2. The molecular formula is C30H36N4O4S. The molecule has 2 atom stereocenters. The van der Waals surface area contributed by atoms with Crippen LogP contribution in [0, 0.1) is 20.8 Å². The van der Waals surface area contributed by atoms with Crippen LogP contribution >= 0.6 is 11.8 Å². The number of carbonyl (C=O) groups excluding carboxylic acids is 4. The van der Waals surface area contributed by atoms with E-state index in [1.54, 1.807) is 0 Å². The topological polar surface area (TPSA) is 98.8 Å². The zero-order valence-electron chi connectivity index (χ0n) is 22.7. The van der Waals surface area contributed by atoms with Crippen molar-refractivity contribution in [3.05, 3.63) is 76.2 Å². The van der Waals surface area contributed by atoms with Gasteiger partial charge in [0, 0.05) is 25.2 Å². The fraction of sp³-hybridized carbons (Fsp3) is 0.400. The summed E-state index contributed by atoms with van der Waals surface area (Å²) in [4.78, 5) is 54.2. The lowest BCUT2D eigenvalue weighted by molar-refractivity contribution is -0.132. The summed E-state index contributed by atoms with van der Waals surface area (Å²) in [7, 11) is 0. The third kappa shape index (κ3) is 7.29. The smallest absolute Gasteiger partial charge is 0.327 e. The molecular weight excluding hydrogens is 512 g/mol. The second-order valence-corrected chi connectivity index (χ2v) is 11.2. The molecule has 2 unspecified atom stereocenters. The number of benzene rings is 2. The maximum atomic E-state index is 13.3. The molecule has 0 bridgehead atoms. The van der Waals surface area contributed by atoms with Crippen molar-refractivity contribution in [3.63, 3.8) is 0 Å². The SMILES string of the molecule is Cc1ccc(CNC(=O)CCCCCN2C(=O)C3SC=CC3N(CC(=O)Nc3ccc(C)c(C)c3)C2=O)cc1. The standard InChI is InChI=1S/C30H36N4O4S/c1-20-8-11-23(12-9-20)18-31-26(35)7-5-4-6-15-33-29(37)28-25(14-16-39-28)34(30(33)38)19-27(36)32-24-13-10-21(2)22(3)17-24/h8-14,16-17,25,28H,4-7,15,18-19H2,1-3H3,(H,31,35)(H,32,36). The van der Waals surface area contributed by atoms with Gasteiger partial charge in [-0.15, -0.1) is 11.8 Å². The summed E-state index contributed by atoms with van der Waals surface area (Å²) in [5.41, 5.74) is 5.11. The number of unbranched alkanes of at least 4 members (excludes halogenated alkanes) is 2. The minimum atomic E-state index is -0.445. The molecule has 9 heteroatoms. The Morgan fingerprint density at radius 3 is 2.44 bits per heavy atom. The molecule has 2 aliphatic heterocycles. The number of aryl methyl sites for hydroxylation is 3. The van der Waals surface area contributed by atoms with Gasteiger partial charge in [0.25, 0.3) is 0 Å². The molecule has 206 valence electrons. The van der Waals surface area contributed by atoms with Gasteiger partial charge in [0.1, 0.15) is 11.8 Å². The molecule has 0 spiro atoms. The van der Waals surface area contributed by atoms with Gasteiger partial charge in [-0.05, 0) is 67.8 Å². The summed E-state index contributed by atoms with van der Waals surface area (Å²) in [6, 6.07) is 12.8. The Balaban J connectivity index is 1.25. The highest BCUT2D eigenvalue weighted by atomic mass is 32.2. The highest BCUT2D eigenvalue weighted by Gasteiger charge is 2.47. The van der Waals surface area contributed by atoms with E-state index in [2.05, 4.69) is 10.6 Å². The van der Waals surface area contributed by atoms with Crippen LogP contribution < -0.4 is 10.6 Å². The molecule has 0 radical (unpaired) electrons. The first kappa shape index (κ1) is 28.4. The van der Waals surface area contributed by atoms with Crippen LogP contribution in [0.25, 0.3) is 0 Å². The van der Waals surface area contributed by atoms with E-state index in [0.29, 0.717) is 37.9 Å². The number of thioether (sulfide) groups is 1. The predicted octanol–water partition coefficient (Wildman–Crippen LogP) is 4.69. The Bertz CT molecular complexity index is 1260. The van der Waals surface area contributed by atoms with Gasteiger partial charge in [0.2, 0.25) is 17.7 Å². The third-order valence-corrected chi connectivity index (χ3v) is 8.25. The average Bonchev–Trinajstić information content (AvgIpc) is 3.40. The van der Waals surface area contributed by atoms with E-state index >= 15 is 0 Å². The average molecular weight is 549 g/mol. The molecule has 1 fully saturated rings. The minimum Gasteiger partial charge on any atom is -0.352 e. The number of imide groups is 1. The Hall–Kier alpha value is -3.59. The first-order valence-electron chi connectivity index (χ1n) is 13.4. The molecule has 0 aliphatic carbocycles. The first-order valence-corrected chi connectivity index (χ1v) is 14.3. The number of urea groups is 1. The van der Waals surface area contributed by atoms with Gasteiger partial charge in [0.15, 0.2) is 0 Å². The number of carbonyl (C=O) groups is 4. The lowest BCUT2D eigenvalue weighted by Gasteiger charge is -2.41. The lowest BCUT2D eigenvalue weighted by atomic mass is 10.1. The van der Waals surface area contributed by atoms with Crippen molar-refractivity contribution in [3.8, 4) is 0 Å². The van der Waals surface area contributed by atoms with Crippen LogP contribution in [0.15, 0.2) is 53.9 Å². The van der Waals surface area contributed by atoms with Gasteiger partial charge in [-0.3, -0.25) is 19.3 Å². The van der Waals surface area contributed by atoms with Crippen LogP contribution in [-0.2, 0) is 20.9 Å². The van der Waals surface area contributed by atoms with Gasteiger partial charge in [-0.25, -0.2) is 4.79 Å². The van der Waals surface area contributed by atoms with Crippen LogP contribution in [0.5, 0.6) is 0 Å². The number of anilines is 1. The largest absolute Gasteiger partial charge is 0.352 e. The van der Waals surface area contributed by atoms with Gasteiger partial charge >= 0.3 is 6.03 Å². The molecule has 1 saturated heterocycles. The van der Waals surface area contributed by atoms with Crippen LogP contribution in [-0.4, -0.2) is 57.9 Å². The van der Waals surface area contributed by atoms with Crippen LogP contribution in [0.4, 0.5) is 10.5 Å². The van der Waals surface area contributed by atoms with Gasteiger partial charge in [0.05, 0.1) is 6.04 Å². The summed E-state index contributed by atoms with van der Waals surface area (Å²) in [5.74, 6) is -0.541. The summed E-state index contributed by atoms with van der Waals surface area (Å²) >= 11 is 1.38. The van der Waals surface area contributed by atoms with Gasteiger partial charge in [-0.1, -0.05) is 48.4 Å². The number of hydrogen-bond acceptors (Lipinski definition) is 5. The van der Waals surface area contributed by atoms with Crippen LogP contribution in [0.1, 0.15) is 47.9 Å². The van der Waals surface area contributed by atoms with Crippen molar-refractivity contribution in [2.45, 2.75) is 64.3 Å². The number of fused-ring (bicyclic) bond motifs is 1. The first-order chi connectivity index (χ1) is 18.7. The summed E-state index contributed by atoms with van der Waals surface area (Å²) in [6.45, 7) is 6.63. The van der Waals surface area contributed by atoms with Crippen molar-refractivity contribution in [1.82, 2.24) is 15.1 Å². The molecule has 8 nitrogen and oxygen atoms in total.